The zero-order valence-corrected chi connectivity index (χ0v) is 29.8. The van der Waals surface area contributed by atoms with Gasteiger partial charge >= 0.3 is 0 Å². The predicted octanol–water partition coefficient (Wildman–Crippen LogP) is 11.6. The molecule has 0 fully saturated rings. The van der Waals surface area contributed by atoms with Crippen LogP contribution in [-0.4, -0.2) is 29.3 Å². The van der Waals surface area contributed by atoms with Crippen LogP contribution in [0.3, 0.4) is 0 Å². The third kappa shape index (κ3) is 5.44. The number of rotatable bonds is 6. The van der Waals surface area contributed by atoms with Crippen LogP contribution in [0.4, 0.5) is 0 Å². The first kappa shape index (κ1) is 31.5. The molecule has 6 nitrogen and oxygen atoms in total. The highest BCUT2D eigenvalue weighted by molar-refractivity contribution is 6.09. The van der Waals surface area contributed by atoms with Gasteiger partial charge in [-0.25, -0.2) is 9.97 Å². The minimum absolute atomic E-state index is 0.625. The molecule has 10 rings (SSSR count). The molecule has 0 aliphatic heterocycles. The zero-order valence-electron chi connectivity index (χ0n) is 29.8. The Balaban J connectivity index is 1.25. The predicted molar refractivity (Wildman–Crippen MR) is 220 cm³/mol. The van der Waals surface area contributed by atoms with Crippen LogP contribution >= 0.6 is 0 Å². The summed E-state index contributed by atoms with van der Waals surface area (Å²) in [5.41, 5.74) is 11.8. The third-order valence-electron chi connectivity index (χ3n) is 10.1. The fraction of sp³-hybridized carbons (Fsp3) is 0.0417. The summed E-state index contributed by atoms with van der Waals surface area (Å²) in [4.78, 5) is 10.5. The fourth-order valence-electron chi connectivity index (χ4n) is 7.56. The van der Waals surface area contributed by atoms with E-state index in [0.717, 1.165) is 50.6 Å². The molecule has 0 bridgehead atoms. The molecule has 0 saturated carbocycles. The second kappa shape index (κ2) is 12.8. The Morgan fingerprint density at radius 1 is 0.370 bits per heavy atom. The molecule has 4 heterocycles. The number of aryl methyl sites for hydroxylation is 2. The largest absolute Gasteiger partial charge is 0.309 e. The lowest BCUT2D eigenvalue weighted by molar-refractivity contribution is 1.04. The molecule has 6 aromatic carbocycles. The highest BCUT2D eigenvalue weighted by Crippen LogP contribution is 2.37. The van der Waals surface area contributed by atoms with Crippen molar-refractivity contribution in [3.8, 4) is 56.9 Å². The average Bonchev–Trinajstić information content (AvgIpc) is 3.81. The number of pyridine rings is 2. The van der Waals surface area contributed by atoms with Crippen molar-refractivity contribution in [2.75, 3.05) is 0 Å². The molecule has 0 unspecified atom stereocenters. The Morgan fingerprint density at radius 3 is 1.87 bits per heavy atom. The second-order valence-corrected chi connectivity index (χ2v) is 13.8. The quantitative estimate of drug-likeness (QED) is 0.174. The van der Waals surface area contributed by atoms with Crippen molar-refractivity contribution >= 4 is 32.6 Å². The maximum absolute atomic E-state index is 5.39. The smallest absolute Gasteiger partial charge is 0.187 e. The second-order valence-electron chi connectivity index (χ2n) is 13.8. The van der Waals surface area contributed by atoms with Crippen LogP contribution in [0.5, 0.6) is 0 Å². The van der Waals surface area contributed by atoms with E-state index in [1.54, 1.807) is 0 Å². The minimum atomic E-state index is 0.625. The number of hydrogen-bond acceptors (Lipinski definition) is 4. The molecule has 10 aromatic rings. The van der Waals surface area contributed by atoms with Crippen molar-refractivity contribution in [3.05, 3.63) is 181 Å². The van der Waals surface area contributed by atoms with Gasteiger partial charge in [0.05, 0.1) is 28.1 Å². The molecule has 0 aliphatic carbocycles. The van der Waals surface area contributed by atoms with E-state index < -0.39 is 0 Å². The van der Waals surface area contributed by atoms with Gasteiger partial charge in [0.25, 0.3) is 0 Å². The van der Waals surface area contributed by atoms with Gasteiger partial charge in [-0.05, 0) is 84.8 Å². The van der Waals surface area contributed by atoms with Crippen molar-refractivity contribution in [3.63, 3.8) is 0 Å². The van der Waals surface area contributed by atoms with Crippen LogP contribution in [0, 0.1) is 13.8 Å². The molecular formula is C48H34N6. The highest BCUT2D eigenvalue weighted by Gasteiger charge is 2.22. The first-order valence-corrected chi connectivity index (χ1v) is 18.1. The van der Waals surface area contributed by atoms with E-state index in [9.17, 15) is 0 Å². The molecule has 0 aliphatic rings. The molecule has 0 spiro atoms. The summed E-state index contributed by atoms with van der Waals surface area (Å²) in [6, 6.07) is 59.2. The van der Waals surface area contributed by atoms with Gasteiger partial charge in [-0.2, -0.15) is 0 Å². The van der Waals surface area contributed by atoms with E-state index in [1.807, 2.05) is 54.6 Å². The normalized spacial score (nSPS) is 11.5. The first-order chi connectivity index (χ1) is 26.6. The molecular weight excluding hydrogens is 661 g/mol. The fourth-order valence-corrected chi connectivity index (χ4v) is 7.56. The van der Waals surface area contributed by atoms with Crippen molar-refractivity contribution in [2.24, 2.45) is 0 Å². The monoisotopic (exact) mass is 694 g/mol. The SMILES string of the molecule is Cc1ccc2ccc(-c3cc(-n4c5ccccc5c5ccc(C)cc54)cc(-c4nnc(-c5cccc(-c6ccccc6)n5)n4-c4ccccc4)n3)cc2c1. The highest BCUT2D eigenvalue weighted by atomic mass is 15.3. The first-order valence-electron chi connectivity index (χ1n) is 18.1. The van der Waals surface area contributed by atoms with Gasteiger partial charge in [0, 0.05) is 27.6 Å². The molecule has 0 N–H and O–H groups in total. The summed E-state index contributed by atoms with van der Waals surface area (Å²) in [6.07, 6.45) is 0. The minimum Gasteiger partial charge on any atom is -0.309 e. The van der Waals surface area contributed by atoms with Gasteiger partial charge in [0.1, 0.15) is 11.4 Å². The van der Waals surface area contributed by atoms with Crippen LogP contribution in [-0.2, 0) is 0 Å². The number of fused-ring (bicyclic) bond motifs is 4. The summed E-state index contributed by atoms with van der Waals surface area (Å²) >= 11 is 0. The summed E-state index contributed by atoms with van der Waals surface area (Å²) in [5.74, 6) is 1.26. The van der Waals surface area contributed by atoms with E-state index in [1.165, 1.54) is 32.7 Å². The lowest BCUT2D eigenvalue weighted by Crippen LogP contribution is -2.04. The van der Waals surface area contributed by atoms with Crippen LogP contribution in [0.2, 0.25) is 0 Å². The molecule has 4 aromatic heterocycles. The molecule has 0 amide bonds. The Labute approximate surface area is 312 Å². The van der Waals surface area contributed by atoms with Crippen LogP contribution in [0.1, 0.15) is 11.1 Å². The van der Waals surface area contributed by atoms with Gasteiger partial charge in [0.15, 0.2) is 11.6 Å². The summed E-state index contributed by atoms with van der Waals surface area (Å²) < 4.78 is 4.43. The van der Waals surface area contributed by atoms with Gasteiger partial charge in [-0.15, -0.1) is 10.2 Å². The number of nitrogens with zero attached hydrogens (tertiary/aromatic N) is 6. The molecule has 0 atom stereocenters. The molecule has 0 radical (unpaired) electrons. The van der Waals surface area contributed by atoms with Gasteiger partial charge < -0.3 is 4.57 Å². The van der Waals surface area contributed by atoms with E-state index in [-0.39, 0.29) is 0 Å². The number of benzene rings is 6. The average molecular weight is 695 g/mol. The zero-order chi connectivity index (χ0) is 36.2. The van der Waals surface area contributed by atoms with Crippen molar-refractivity contribution in [1.82, 2.24) is 29.3 Å². The summed E-state index contributed by atoms with van der Waals surface area (Å²) in [5, 5.41) is 14.5. The van der Waals surface area contributed by atoms with Crippen molar-refractivity contribution in [2.45, 2.75) is 13.8 Å². The molecule has 256 valence electrons. The Bertz CT molecular complexity index is 3010. The molecule has 6 heteroatoms. The third-order valence-corrected chi connectivity index (χ3v) is 10.1. The van der Waals surface area contributed by atoms with Crippen LogP contribution < -0.4 is 0 Å². The van der Waals surface area contributed by atoms with Crippen LogP contribution in [0.25, 0.3) is 89.5 Å². The van der Waals surface area contributed by atoms with Gasteiger partial charge in [-0.1, -0.05) is 121 Å². The summed E-state index contributed by atoms with van der Waals surface area (Å²) in [6.45, 7) is 4.28. The maximum atomic E-state index is 5.39. The van der Waals surface area contributed by atoms with E-state index in [4.69, 9.17) is 20.2 Å². The van der Waals surface area contributed by atoms with E-state index in [2.05, 4.69) is 138 Å². The van der Waals surface area contributed by atoms with Crippen LogP contribution in [0.15, 0.2) is 170 Å². The Hall–Kier alpha value is -7.18. The molecule has 0 saturated heterocycles. The Kier molecular flexibility index (Phi) is 7.47. The lowest BCUT2D eigenvalue weighted by atomic mass is 10.0. The van der Waals surface area contributed by atoms with E-state index >= 15 is 0 Å². The van der Waals surface area contributed by atoms with Gasteiger partial charge in [0.2, 0.25) is 0 Å². The van der Waals surface area contributed by atoms with Gasteiger partial charge in [-0.3, -0.25) is 4.57 Å². The standard InChI is InChI=1S/C48H34N6/c1-31-20-22-33-23-24-35(28-36(33)26-31)43-29-38(53-45-19-10-9-16-39(45)40-25-21-32(2)27-46(40)53)30-44(50-43)48-52-51-47(54(48)37-14-7-4-8-15-37)42-18-11-17-41(49-42)34-12-5-3-6-13-34/h3-30H,1-2H3. The van der Waals surface area contributed by atoms with E-state index in [0.29, 0.717) is 17.3 Å². The van der Waals surface area contributed by atoms with Crippen molar-refractivity contribution in [1.29, 1.82) is 0 Å². The maximum Gasteiger partial charge on any atom is 0.187 e. The topological polar surface area (TPSA) is 61.4 Å². The Morgan fingerprint density at radius 2 is 1.02 bits per heavy atom. The lowest BCUT2D eigenvalue weighted by Gasteiger charge is -2.15. The number of aromatic nitrogens is 6. The summed E-state index contributed by atoms with van der Waals surface area (Å²) in [7, 11) is 0. The van der Waals surface area contributed by atoms with Crippen molar-refractivity contribution < 1.29 is 0 Å². The number of para-hydroxylation sites is 2. The number of hydrogen-bond donors (Lipinski definition) is 0. The molecule has 54 heavy (non-hydrogen) atoms.